The highest BCUT2D eigenvalue weighted by Gasteiger charge is 2.23. The molecule has 78 valence electrons. The zero-order chi connectivity index (χ0) is 11.0. The van der Waals surface area contributed by atoms with Crippen molar-refractivity contribution in [2.75, 3.05) is 0 Å². The maximum Gasteiger partial charge on any atom is 0.0847 e. The van der Waals surface area contributed by atoms with Gasteiger partial charge in [-0.3, -0.25) is 0 Å². The largest absolute Gasteiger partial charge is 0.113 e. The van der Waals surface area contributed by atoms with Crippen LogP contribution < -0.4 is 0 Å². The molecule has 2 aromatic carbocycles. The van der Waals surface area contributed by atoms with Gasteiger partial charge in [0, 0.05) is 0 Å². The fourth-order valence-corrected chi connectivity index (χ4v) is 2.53. The molecule has 1 heteroatoms. The minimum Gasteiger partial charge on any atom is -0.113 e. The number of benzene rings is 2. The van der Waals surface area contributed by atoms with E-state index in [-0.39, 0.29) is 5.38 Å². The van der Waals surface area contributed by atoms with Crippen molar-refractivity contribution in [3.05, 3.63) is 71.3 Å². The SMILES string of the molecule is ClC1C(c2ccccc2)=Cc2ccccc21. The molecule has 2 aromatic rings. The Morgan fingerprint density at radius 2 is 1.50 bits per heavy atom. The van der Waals surface area contributed by atoms with Crippen LogP contribution in [0, 0.1) is 0 Å². The van der Waals surface area contributed by atoms with Crippen molar-refractivity contribution in [1.82, 2.24) is 0 Å². The number of alkyl halides is 1. The van der Waals surface area contributed by atoms with Crippen LogP contribution in [0.2, 0.25) is 0 Å². The van der Waals surface area contributed by atoms with E-state index in [0.29, 0.717) is 0 Å². The number of hydrogen-bond donors (Lipinski definition) is 0. The second kappa shape index (κ2) is 3.80. The highest BCUT2D eigenvalue weighted by molar-refractivity contribution is 6.29. The minimum atomic E-state index is -0.0152. The number of fused-ring (bicyclic) bond motifs is 1. The second-order valence-corrected chi connectivity index (χ2v) is 4.39. The van der Waals surface area contributed by atoms with Crippen LogP contribution in [0.3, 0.4) is 0 Å². The van der Waals surface area contributed by atoms with Crippen molar-refractivity contribution in [3.63, 3.8) is 0 Å². The fourth-order valence-electron chi connectivity index (χ4n) is 2.14. The number of hydrogen-bond acceptors (Lipinski definition) is 0. The third-order valence-corrected chi connectivity index (χ3v) is 3.43. The van der Waals surface area contributed by atoms with Crippen molar-refractivity contribution in [2.24, 2.45) is 0 Å². The van der Waals surface area contributed by atoms with Crippen LogP contribution in [0.5, 0.6) is 0 Å². The van der Waals surface area contributed by atoms with Gasteiger partial charge in [0.05, 0.1) is 5.38 Å². The molecule has 0 radical (unpaired) electrons. The zero-order valence-electron chi connectivity index (χ0n) is 8.73. The van der Waals surface area contributed by atoms with Crippen molar-refractivity contribution < 1.29 is 0 Å². The third-order valence-electron chi connectivity index (χ3n) is 2.96. The summed E-state index contributed by atoms with van der Waals surface area (Å²) in [5.41, 5.74) is 4.85. The molecule has 0 spiro atoms. The molecule has 0 amide bonds. The molecule has 0 nitrogen and oxygen atoms in total. The van der Waals surface area contributed by atoms with Gasteiger partial charge < -0.3 is 0 Å². The molecule has 0 saturated heterocycles. The summed E-state index contributed by atoms with van der Waals surface area (Å²) in [7, 11) is 0. The maximum absolute atomic E-state index is 6.47. The maximum atomic E-state index is 6.47. The van der Waals surface area contributed by atoms with Gasteiger partial charge in [-0.2, -0.15) is 0 Å². The molecule has 1 aliphatic rings. The Labute approximate surface area is 100 Å². The standard InChI is InChI=1S/C15H11Cl/c16-15-13-9-5-4-8-12(13)10-14(15)11-6-2-1-3-7-11/h1-10,15H. The molecule has 0 saturated carbocycles. The highest BCUT2D eigenvalue weighted by atomic mass is 35.5. The molecular weight excluding hydrogens is 216 g/mol. The Hall–Kier alpha value is -1.53. The first-order valence-electron chi connectivity index (χ1n) is 5.36. The second-order valence-electron chi connectivity index (χ2n) is 3.96. The monoisotopic (exact) mass is 226 g/mol. The molecule has 16 heavy (non-hydrogen) atoms. The van der Waals surface area contributed by atoms with Crippen molar-refractivity contribution in [2.45, 2.75) is 5.38 Å². The van der Waals surface area contributed by atoms with Crippen LogP contribution in [0.15, 0.2) is 54.6 Å². The van der Waals surface area contributed by atoms with E-state index in [1.807, 2.05) is 30.3 Å². The Balaban J connectivity index is 2.09. The molecular formula is C15H11Cl. The summed E-state index contributed by atoms with van der Waals surface area (Å²) in [4.78, 5) is 0. The first kappa shape index (κ1) is 9.68. The summed E-state index contributed by atoms with van der Waals surface area (Å²) in [6.45, 7) is 0. The van der Waals surface area contributed by atoms with Gasteiger partial charge in [-0.25, -0.2) is 0 Å². The number of halogens is 1. The minimum absolute atomic E-state index is 0.0152. The predicted octanol–water partition coefficient (Wildman–Crippen LogP) is 4.52. The van der Waals surface area contributed by atoms with E-state index in [0.717, 1.165) is 0 Å². The molecule has 0 fully saturated rings. The summed E-state index contributed by atoms with van der Waals surface area (Å²) in [5.74, 6) is 0. The van der Waals surface area contributed by atoms with E-state index in [1.54, 1.807) is 0 Å². The van der Waals surface area contributed by atoms with E-state index >= 15 is 0 Å². The van der Waals surface area contributed by atoms with Crippen LogP contribution in [0.1, 0.15) is 22.1 Å². The van der Waals surface area contributed by atoms with Gasteiger partial charge in [0.15, 0.2) is 0 Å². The third kappa shape index (κ3) is 1.46. The lowest BCUT2D eigenvalue weighted by Gasteiger charge is -2.08. The van der Waals surface area contributed by atoms with E-state index in [1.165, 1.54) is 22.3 Å². The zero-order valence-corrected chi connectivity index (χ0v) is 9.48. The van der Waals surface area contributed by atoms with E-state index < -0.39 is 0 Å². The average molecular weight is 227 g/mol. The van der Waals surface area contributed by atoms with Crippen molar-refractivity contribution >= 4 is 23.3 Å². The highest BCUT2D eigenvalue weighted by Crippen LogP contribution is 2.44. The van der Waals surface area contributed by atoms with Crippen LogP contribution in [0.25, 0.3) is 11.6 Å². The van der Waals surface area contributed by atoms with Crippen molar-refractivity contribution in [3.8, 4) is 0 Å². The summed E-state index contributed by atoms with van der Waals surface area (Å²) < 4.78 is 0. The van der Waals surface area contributed by atoms with E-state index in [2.05, 4.69) is 30.3 Å². The topological polar surface area (TPSA) is 0 Å². The molecule has 0 aliphatic heterocycles. The van der Waals surface area contributed by atoms with Gasteiger partial charge in [0.1, 0.15) is 0 Å². The van der Waals surface area contributed by atoms with E-state index in [4.69, 9.17) is 11.6 Å². The average Bonchev–Trinajstić information content (AvgIpc) is 2.69. The molecule has 3 rings (SSSR count). The lowest BCUT2D eigenvalue weighted by Crippen LogP contribution is -1.89. The lowest BCUT2D eigenvalue weighted by molar-refractivity contribution is 1.26. The van der Waals surface area contributed by atoms with Crippen molar-refractivity contribution in [1.29, 1.82) is 0 Å². The van der Waals surface area contributed by atoms with Crippen LogP contribution in [-0.2, 0) is 0 Å². The normalized spacial score (nSPS) is 18.1. The van der Waals surface area contributed by atoms with Gasteiger partial charge >= 0.3 is 0 Å². The Morgan fingerprint density at radius 3 is 2.25 bits per heavy atom. The molecule has 1 unspecified atom stereocenters. The number of rotatable bonds is 1. The summed E-state index contributed by atoms with van der Waals surface area (Å²) >= 11 is 6.47. The predicted molar refractivity (Wildman–Crippen MR) is 69.3 cm³/mol. The van der Waals surface area contributed by atoms with Crippen LogP contribution >= 0.6 is 11.6 Å². The smallest absolute Gasteiger partial charge is 0.0847 e. The first-order valence-corrected chi connectivity index (χ1v) is 5.80. The lowest BCUT2D eigenvalue weighted by atomic mass is 10.0. The quantitative estimate of drug-likeness (QED) is 0.627. The number of allylic oxidation sites excluding steroid dienone is 1. The van der Waals surface area contributed by atoms with Gasteiger partial charge in [-0.15, -0.1) is 11.6 Å². The Kier molecular flexibility index (Phi) is 2.30. The molecule has 0 N–H and O–H groups in total. The van der Waals surface area contributed by atoms with Gasteiger partial charge in [0.2, 0.25) is 0 Å². The Bertz CT molecular complexity index is 540. The molecule has 0 bridgehead atoms. The molecule has 1 aliphatic carbocycles. The van der Waals surface area contributed by atoms with Gasteiger partial charge in [-0.05, 0) is 28.3 Å². The fraction of sp³-hybridized carbons (Fsp3) is 0.0667. The molecule has 0 aromatic heterocycles. The summed E-state index contributed by atoms with van der Waals surface area (Å²) in [6.07, 6.45) is 2.18. The molecule has 1 atom stereocenters. The van der Waals surface area contributed by atoms with E-state index in [9.17, 15) is 0 Å². The van der Waals surface area contributed by atoms with Gasteiger partial charge in [-0.1, -0.05) is 54.6 Å². The molecule has 0 heterocycles. The summed E-state index contributed by atoms with van der Waals surface area (Å²) in [5, 5.41) is -0.0152. The Morgan fingerprint density at radius 1 is 0.812 bits per heavy atom. The van der Waals surface area contributed by atoms with Crippen LogP contribution in [0.4, 0.5) is 0 Å². The first-order chi connectivity index (χ1) is 7.86. The summed E-state index contributed by atoms with van der Waals surface area (Å²) in [6, 6.07) is 18.6. The van der Waals surface area contributed by atoms with Gasteiger partial charge in [0.25, 0.3) is 0 Å². The van der Waals surface area contributed by atoms with Crippen LogP contribution in [-0.4, -0.2) is 0 Å².